The minimum atomic E-state index is -0.369. The van der Waals surface area contributed by atoms with Gasteiger partial charge >= 0.3 is 0 Å². The van der Waals surface area contributed by atoms with E-state index < -0.39 is 0 Å². The average Bonchev–Trinajstić information content (AvgIpc) is 2.48. The Labute approximate surface area is 116 Å². The molecular formula is C14H16FN5. The Bertz CT molecular complexity index is 596. The molecule has 3 heterocycles. The monoisotopic (exact) mass is 273 g/mol. The van der Waals surface area contributed by atoms with Crippen LogP contribution in [0.4, 0.5) is 10.3 Å². The number of piperidine rings is 1. The smallest absolute Gasteiger partial charge is 0.225 e. The summed E-state index contributed by atoms with van der Waals surface area (Å²) in [5, 5.41) is 0. The Kier molecular flexibility index (Phi) is 3.56. The molecule has 1 saturated heterocycles. The van der Waals surface area contributed by atoms with E-state index in [9.17, 15) is 4.39 Å². The predicted molar refractivity (Wildman–Crippen MR) is 74.6 cm³/mol. The van der Waals surface area contributed by atoms with Gasteiger partial charge in [-0.2, -0.15) is 0 Å². The van der Waals surface area contributed by atoms with Crippen LogP contribution in [0.2, 0.25) is 0 Å². The maximum Gasteiger partial charge on any atom is 0.225 e. The van der Waals surface area contributed by atoms with Crippen molar-refractivity contribution in [1.29, 1.82) is 0 Å². The Hall–Kier alpha value is -2.08. The first-order valence-electron chi connectivity index (χ1n) is 6.67. The number of rotatable bonds is 2. The molecule has 6 heteroatoms. The zero-order valence-corrected chi connectivity index (χ0v) is 11.0. The number of pyridine rings is 1. The maximum atomic E-state index is 13.2. The molecule has 2 aromatic rings. The third-order valence-electron chi connectivity index (χ3n) is 3.47. The van der Waals surface area contributed by atoms with Crippen molar-refractivity contribution in [2.75, 3.05) is 18.0 Å². The molecule has 0 bridgehead atoms. The van der Waals surface area contributed by atoms with E-state index in [4.69, 9.17) is 5.73 Å². The number of hydrogen-bond acceptors (Lipinski definition) is 5. The van der Waals surface area contributed by atoms with E-state index in [2.05, 4.69) is 19.9 Å². The van der Waals surface area contributed by atoms with Crippen LogP contribution < -0.4 is 10.6 Å². The SMILES string of the molecule is NC1CCN(c2nccc(-c3cncc(F)c3)n2)CC1. The quantitative estimate of drug-likeness (QED) is 0.900. The van der Waals surface area contributed by atoms with Crippen molar-refractivity contribution in [1.82, 2.24) is 15.0 Å². The van der Waals surface area contributed by atoms with Crippen molar-refractivity contribution >= 4 is 5.95 Å². The summed E-state index contributed by atoms with van der Waals surface area (Å²) in [4.78, 5) is 14.8. The topological polar surface area (TPSA) is 67.9 Å². The highest BCUT2D eigenvalue weighted by molar-refractivity contribution is 5.58. The Balaban J connectivity index is 1.86. The van der Waals surface area contributed by atoms with E-state index in [0.717, 1.165) is 25.9 Å². The third kappa shape index (κ3) is 2.75. The fraction of sp³-hybridized carbons (Fsp3) is 0.357. The zero-order valence-electron chi connectivity index (χ0n) is 11.0. The molecule has 0 unspecified atom stereocenters. The molecule has 0 amide bonds. The van der Waals surface area contributed by atoms with Gasteiger partial charge in [0.15, 0.2) is 0 Å². The summed E-state index contributed by atoms with van der Waals surface area (Å²) < 4.78 is 13.2. The lowest BCUT2D eigenvalue weighted by Gasteiger charge is -2.30. The van der Waals surface area contributed by atoms with Gasteiger partial charge in [-0.15, -0.1) is 0 Å². The van der Waals surface area contributed by atoms with Crippen molar-refractivity contribution in [3.63, 3.8) is 0 Å². The van der Waals surface area contributed by atoms with Crippen LogP contribution in [0.5, 0.6) is 0 Å². The lowest BCUT2D eigenvalue weighted by atomic mass is 10.1. The summed E-state index contributed by atoms with van der Waals surface area (Å²) in [6, 6.07) is 3.45. The molecule has 2 aromatic heterocycles. The third-order valence-corrected chi connectivity index (χ3v) is 3.47. The number of halogens is 1. The van der Waals surface area contributed by atoms with Gasteiger partial charge in [0.05, 0.1) is 11.9 Å². The molecule has 0 radical (unpaired) electrons. The Morgan fingerprint density at radius 1 is 1.25 bits per heavy atom. The molecule has 0 atom stereocenters. The molecule has 0 saturated carbocycles. The average molecular weight is 273 g/mol. The second-order valence-electron chi connectivity index (χ2n) is 4.96. The van der Waals surface area contributed by atoms with E-state index in [1.54, 1.807) is 18.5 Å². The minimum Gasteiger partial charge on any atom is -0.341 e. The lowest BCUT2D eigenvalue weighted by molar-refractivity contribution is 0.495. The molecule has 2 N–H and O–H groups in total. The van der Waals surface area contributed by atoms with Crippen LogP contribution >= 0.6 is 0 Å². The van der Waals surface area contributed by atoms with Crippen LogP contribution in [0.15, 0.2) is 30.7 Å². The molecule has 20 heavy (non-hydrogen) atoms. The van der Waals surface area contributed by atoms with Gasteiger partial charge < -0.3 is 10.6 Å². The standard InChI is InChI=1S/C14H16FN5/c15-11-7-10(8-17-9-11)13-1-4-18-14(19-13)20-5-2-12(16)3-6-20/h1,4,7-9,12H,2-3,5-6,16H2. The molecule has 0 aromatic carbocycles. The van der Waals surface area contributed by atoms with E-state index >= 15 is 0 Å². The van der Waals surface area contributed by atoms with Gasteiger partial charge in [-0.05, 0) is 25.0 Å². The summed E-state index contributed by atoms with van der Waals surface area (Å²) in [6.07, 6.45) is 6.35. The van der Waals surface area contributed by atoms with Crippen LogP contribution in [-0.4, -0.2) is 34.1 Å². The van der Waals surface area contributed by atoms with Gasteiger partial charge in [-0.3, -0.25) is 4.98 Å². The second-order valence-corrected chi connectivity index (χ2v) is 4.96. The number of aromatic nitrogens is 3. The van der Waals surface area contributed by atoms with Crippen LogP contribution in [-0.2, 0) is 0 Å². The summed E-state index contributed by atoms with van der Waals surface area (Å²) in [6.45, 7) is 1.71. The normalized spacial score (nSPS) is 16.4. The first-order valence-corrected chi connectivity index (χ1v) is 6.67. The van der Waals surface area contributed by atoms with Crippen LogP contribution in [0.25, 0.3) is 11.3 Å². The predicted octanol–water partition coefficient (Wildman–Crippen LogP) is 1.61. The van der Waals surface area contributed by atoms with Gasteiger partial charge in [0, 0.05) is 37.1 Å². The van der Waals surface area contributed by atoms with E-state index in [1.165, 1.54) is 12.3 Å². The number of anilines is 1. The number of nitrogens with two attached hydrogens (primary N) is 1. The van der Waals surface area contributed by atoms with Gasteiger partial charge in [-0.1, -0.05) is 0 Å². The Morgan fingerprint density at radius 3 is 2.80 bits per heavy atom. The van der Waals surface area contributed by atoms with Gasteiger partial charge in [0.1, 0.15) is 5.82 Å². The van der Waals surface area contributed by atoms with Gasteiger partial charge in [0.25, 0.3) is 0 Å². The molecule has 5 nitrogen and oxygen atoms in total. The van der Waals surface area contributed by atoms with Crippen LogP contribution in [0, 0.1) is 5.82 Å². The fourth-order valence-corrected chi connectivity index (χ4v) is 2.31. The van der Waals surface area contributed by atoms with E-state index in [0.29, 0.717) is 17.2 Å². The van der Waals surface area contributed by atoms with Gasteiger partial charge in [-0.25, -0.2) is 14.4 Å². The highest BCUT2D eigenvalue weighted by Gasteiger charge is 2.18. The van der Waals surface area contributed by atoms with Crippen molar-refractivity contribution < 1.29 is 4.39 Å². The molecule has 1 aliphatic heterocycles. The minimum absolute atomic E-state index is 0.266. The van der Waals surface area contributed by atoms with Crippen molar-refractivity contribution in [2.45, 2.75) is 18.9 Å². The summed E-state index contributed by atoms with van der Waals surface area (Å²) >= 11 is 0. The molecule has 0 spiro atoms. The Morgan fingerprint density at radius 2 is 2.05 bits per heavy atom. The van der Waals surface area contributed by atoms with Crippen LogP contribution in [0.1, 0.15) is 12.8 Å². The van der Waals surface area contributed by atoms with Crippen molar-refractivity contribution in [3.8, 4) is 11.3 Å². The lowest BCUT2D eigenvalue weighted by Crippen LogP contribution is -2.40. The molecule has 104 valence electrons. The summed E-state index contributed by atoms with van der Waals surface area (Å²) in [7, 11) is 0. The van der Waals surface area contributed by atoms with Crippen molar-refractivity contribution in [3.05, 3.63) is 36.5 Å². The first-order chi connectivity index (χ1) is 9.72. The first kappa shape index (κ1) is 12.9. The molecule has 0 aliphatic carbocycles. The van der Waals surface area contributed by atoms with E-state index in [1.807, 2.05) is 0 Å². The van der Waals surface area contributed by atoms with Gasteiger partial charge in [0.2, 0.25) is 5.95 Å². The number of nitrogens with zero attached hydrogens (tertiary/aromatic N) is 4. The molecular weight excluding hydrogens is 257 g/mol. The summed E-state index contributed by atoms with van der Waals surface area (Å²) in [5.74, 6) is 0.297. The molecule has 1 fully saturated rings. The maximum absolute atomic E-state index is 13.2. The number of hydrogen-bond donors (Lipinski definition) is 1. The second kappa shape index (κ2) is 5.50. The fourth-order valence-electron chi connectivity index (χ4n) is 2.31. The zero-order chi connectivity index (χ0) is 13.9. The van der Waals surface area contributed by atoms with Crippen molar-refractivity contribution in [2.24, 2.45) is 5.73 Å². The highest BCUT2D eigenvalue weighted by Crippen LogP contribution is 2.20. The van der Waals surface area contributed by atoms with Crippen LogP contribution in [0.3, 0.4) is 0 Å². The highest BCUT2D eigenvalue weighted by atomic mass is 19.1. The van der Waals surface area contributed by atoms with E-state index in [-0.39, 0.29) is 11.9 Å². The summed E-state index contributed by atoms with van der Waals surface area (Å²) in [5.41, 5.74) is 7.23. The molecule has 1 aliphatic rings. The molecule has 3 rings (SSSR count). The largest absolute Gasteiger partial charge is 0.341 e.